The van der Waals surface area contributed by atoms with E-state index in [4.69, 9.17) is 0 Å². The molecular weight excluding hydrogens is 234 g/mol. The molecule has 0 aliphatic rings. The van der Waals surface area contributed by atoms with Gasteiger partial charge >= 0.3 is 5.97 Å². The molecule has 6 heteroatoms. The van der Waals surface area contributed by atoms with Crippen molar-refractivity contribution in [2.75, 3.05) is 7.11 Å². The first-order chi connectivity index (χ1) is 7.15. The number of aromatic nitrogens is 1. The third-order valence-electron chi connectivity index (χ3n) is 1.74. The Bertz CT molecular complexity index is 391. The van der Waals surface area contributed by atoms with Gasteiger partial charge in [0.05, 0.1) is 13.5 Å². The number of ether oxygens (including phenoxy) is 1. The number of hydrogen-bond donors (Lipinski definition) is 0. The molecule has 1 aromatic heterocycles. The van der Waals surface area contributed by atoms with E-state index in [1.807, 2.05) is 0 Å². The van der Waals surface area contributed by atoms with Gasteiger partial charge in [0.2, 0.25) is 5.78 Å². The van der Waals surface area contributed by atoms with Crippen molar-refractivity contribution in [2.45, 2.75) is 6.42 Å². The minimum atomic E-state index is -1.00. The molecule has 0 N–H and O–H groups in total. The molecule has 1 aromatic rings. The number of halogens is 1. The van der Waals surface area contributed by atoms with E-state index in [0.717, 1.165) is 7.11 Å². The van der Waals surface area contributed by atoms with Crippen molar-refractivity contribution in [2.24, 2.45) is 0 Å². The van der Waals surface area contributed by atoms with Crippen LogP contribution in [0.15, 0.2) is 24.5 Å². The number of hydrogen-bond acceptors (Lipinski definition) is 5. The Morgan fingerprint density at radius 3 is 2.31 bits per heavy atom. The van der Waals surface area contributed by atoms with Crippen molar-refractivity contribution in [3.63, 3.8) is 0 Å². The number of pyridine rings is 1. The maximum absolute atomic E-state index is 11.4. The SMILES string of the molecule is COC(=O)C(=O)CC(=O)c1ccncc1.Cl. The zero-order chi connectivity index (χ0) is 11.3. The lowest BCUT2D eigenvalue weighted by Gasteiger charge is -1.98. The van der Waals surface area contributed by atoms with Crippen molar-refractivity contribution in [1.82, 2.24) is 4.98 Å². The second-order valence-corrected chi connectivity index (χ2v) is 2.75. The molecule has 0 fully saturated rings. The Hall–Kier alpha value is -1.75. The monoisotopic (exact) mass is 243 g/mol. The standard InChI is InChI=1S/C10H9NO4.ClH/c1-15-10(14)9(13)6-8(12)7-2-4-11-5-3-7;/h2-5H,6H2,1H3;1H. The van der Waals surface area contributed by atoms with Crippen LogP contribution in [0.4, 0.5) is 0 Å². The quantitative estimate of drug-likeness (QED) is 0.339. The Labute approximate surface area is 98.2 Å². The van der Waals surface area contributed by atoms with E-state index < -0.39 is 24.0 Å². The third kappa shape index (κ3) is 3.78. The molecule has 0 aliphatic heterocycles. The van der Waals surface area contributed by atoms with Crippen molar-refractivity contribution in [3.8, 4) is 0 Å². The number of ketones is 2. The molecule has 0 aromatic carbocycles. The molecule has 5 nitrogen and oxygen atoms in total. The smallest absolute Gasteiger partial charge is 0.374 e. The summed E-state index contributed by atoms with van der Waals surface area (Å²) >= 11 is 0. The summed E-state index contributed by atoms with van der Waals surface area (Å²) in [6.07, 6.45) is 2.41. The molecule has 1 heterocycles. The minimum Gasteiger partial charge on any atom is -0.463 e. The highest BCUT2D eigenvalue weighted by Crippen LogP contribution is 2.02. The van der Waals surface area contributed by atoms with Crippen LogP contribution in [0.2, 0.25) is 0 Å². The van der Waals surface area contributed by atoms with Gasteiger partial charge in [-0.1, -0.05) is 0 Å². The van der Waals surface area contributed by atoms with Crippen molar-refractivity contribution >= 4 is 29.9 Å². The summed E-state index contributed by atoms with van der Waals surface area (Å²) in [4.78, 5) is 36.9. The van der Waals surface area contributed by atoms with Gasteiger partial charge in [0, 0.05) is 18.0 Å². The molecule has 0 spiro atoms. The van der Waals surface area contributed by atoms with Crippen LogP contribution < -0.4 is 0 Å². The van der Waals surface area contributed by atoms with Crippen LogP contribution in [-0.4, -0.2) is 29.6 Å². The van der Waals surface area contributed by atoms with E-state index >= 15 is 0 Å². The molecule has 0 unspecified atom stereocenters. The maximum Gasteiger partial charge on any atom is 0.374 e. The maximum atomic E-state index is 11.4. The van der Waals surface area contributed by atoms with E-state index in [9.17, 15) is 14.4 Å². The number of Topliss-reactive ketones (excluding diaryl/α,β-unsaturated/α-hetero) is 2. The molecule has 16 heavy (non-hydrogen) atoms. The second kappa shape index (κ2) is 6.68. The lowest BCUT2D eigenvalue weighted by atomic mass is 10.1. The molecule has 0 atom stereocenters. The van der Waals surface area contributed by atoms with Crippen LogP contribution in [0.1, 0.15) is 16.8 Å². The van der Waals surface area contributed by atoms with E-state index in [1.165, 1.54) is 24.5 Å². The summed E-state index contributed by atoms with van der Waals surface area (Å²) in [5, 5.41) is 0. The number of rotatable bonds is 4. The van der Waals surface area contributed by atoms with Gasteiger partial charge in [0.25, 0.3) is 0 Å². The highest BCUT2D eigenvalue weighted by molar-refractivity contribution is 6.38. The van der Waals surface area contributed by atoms with Gasteiger partial charge in [-0.15, -0.1) is 12.4 Å². The van der Waals surface area contributed by atoms with Crippen LogP contribution >= 0.6 is 12.4 Å². The van der Waals surface area contributed by atoms with E-state index in [-0.39, 0.29) is 12.4 Å². The Morgan fingerprint density at radius 2 is 1.81 bits per heavy atom. The molecule has 0 bridgehead atoms. The first-order valence-corrected chi connectivity index (χ1v) is 4.19. The second-order valence-electron chi connectivity index (χ2n) is 2.75. The summed E-state index contributed by atoms with van der Waals surface area (Å²) < 4.78 is 4.20. The Kier molecular flexibility index (Phi) is 5.95. The fourth-order valence-corrected chi connectivity index (χ4v) is 0.972. The highest BCUT2D eigenvalue weighted by Gasteiger charge is 2.18. The lowest BCUT2D eigenvalue weighted by molar-refractivity contribution is -0.151. The fraction of sp³-hybridized carbons (Fsp3) is 0.200. The van der Waals surface area contributed by atoms with E-state index in [1.54, 1.807) is 0 Å². The average molecular weight is 244 g/mol. The largest absolute Gasteiger partial charge is 0.463 e. The Balaban J connectivity index is 0.00000225. The minimum absolute atomic E-state index is 0. The van der Waals surface area contributed by atoms with Crippen molar-refractivity contribution in [3.05, 3.63) is 30.1 Å². The molecule has 0 saturated heterocycles. The number of nitrogens with zero attached hydrogens (tertiary/aromatic N) is 1. The van der Waals surface area contributed by atoms with Crippen molar-refractivity contribution in [1.29, 1.82) is 0 Å². The third-order valence-corrected chi connectivity index (χ3v) is 1.74. The number of carbonyl (C=O) groups excluding carboxylic acids is 3. The molecule has 0 radical (unpaired) electrons. The molecule has 0 amide bonds. The Morgan fingerprint density at radius 1 is 1.25 bits per heavy atom. The lowest BCUT2D eigenvalue weighted by Crippen LogP contribution is -2.19. The van der Waals surface area contributed by atoms with Gasteiger partial charge in [-0.2, -0.15) is 0 Å². The summed E-state index contributed by atoms with van der Waals surface area (Å²) in [6.45, 7) is 0. The fourth-order valence-electron chi connectivity index (χ4n) is 0.972. The van der Waals surface area contributed by atoms with Crippen LogP contribution in [0, 0.1) is 0 Å². The van der Waals surface area contributed by atoms with Crippen LogP contribution in [0.25, 0.3) is 0 Å². The molecule has 0 aliphatic carbocycles. The molecule has 86 valence electrons. The summed E-state index contributed by atoms with van der Waals surface area (Å²) in [7, 11) is 1.09. The number of carbonyl (C=O) groups is 3. The summed E-state index contributed by atoms with van der Waals surface area (Å²) in [5.74, 6) is -2.27. The first-order valence-electron chi connectivity index (χ1n) is 4.19. The topological polar surface area (TPSA) is 73.3 Å². The number of methoxy groups -OCH3 is 1. The highest BCUT2D eigenvalue weighted by atomic mass is 35.5. The van der Waals surface area contributed by atoms with Gasteiger partial charge in [-0.3, -0.25) is 14.6 Å². The van der Waals surface area contributed by atoms with Crippen molar-refractivity contribution < 1.29 is 19.1 Å². The molecule has 1 rings (SSSR count). The number of esters is 1. The predicted molar refractivity (Wildman–Crippen MR) is 57.5 cm³/mol. The normalized spacial score (nSPS) is 8.81. The van der Waals surface area contributed by atoms with Crippen LogP contribution in [0.3, 0.4) is 0 Å². The van der Waals surface area contributed by atoms with Gasteiger partial charge in [0.1, 0.15) is 0 Å². The zero-order valence-electron chi connectivity index (χ0n) is 8.50. The van der Waals surface area contributed by atoms with E-state index in [2.05, 4.69) is 9.72 Å². The zero-order valence-corrected chi connectivity index (χ0v) is 9.32. The molecular formula is C10H10ClNO4. The van der Waals surface area contributed by atoms with Crippen LogP contribution in [-0.2, 0) is 14.3 Å². The van der Waals surface area contributed by atoms with Gasteiger partial charge in [-0.05, 0) is 12.1 Å². The predicted octanol–water partition coefficient (Wildman–Crippen LogP) is 0.818. The molecule has 0 saturated carbocycles. The average Bonchev–Trinajstić information content (AvgIpc) is 2.29. The van der Waals surface area contributed by atoms with Gasteiger partial charge in [-0.25, -0.2) is 4.79 Å². The van der Waals surface area contributed by atoms with Gasteiger partial charge in [0.15, 0.2) is 5.78 Å². The first kappa shape index (κ1) is 14.2. The van der Waals surface area contributed by atoms with Gasteiger partial charge < -0.3 is 4.74 Å². The van der Waals surface area contributed by atoms with E-state index in [0.29, 0.717) is 5.56 Å². The summed E-state index contributed by atoms with van der Waals surface area (Å²) in [6, 6.07) is 2.96. The summed E-state index contributed by atoms with van der Waals surface area (Å²) in [5.41, 5.74) is 0.349. The van der Waals surface area contributed by atoms with Crippen LogP contribution in [0.5, 0.6) is 0 Å².